The van der Waals surface area contributed by atoms with E-state index in [1.807, 2.05) is 54.4 Å². The van der Waals surface area contributed by atoms with Gasteiger partial charge in [0.15, 0.2) is 5.82 Å². The number of carbonyl (C=O) groups is 1. The predicted molar refractivity (Wildman–Crippen MR) is 181 cm³/mol. The smallest absolute Gasteiger partial charge is 0.254 e. The van der Waals surface area contributed by atoms with Gasteiger partial charge in [0.1, 0.15) is 16.9 Å². The van der Waals surface area contributed by atoms with E-state index in [0.29, 0.717) is 35.2 Å². The molecule has 11 nitrogen and oxygen atoms in total. The Labute approximate surface area is 273 Å². The van der Waals surface area contributed by atoms with Gasteiger partial charge in [0, 0.05) is 55.3 Å². The number of nitrogens with two attached hydrogens (primary N) is 1. The molecule has 3 atom stereocenters. The first-order chi connectivity index (χ1) is 22.6. The molecule has 2 bridgehead atoms. The Balaban J connectivity index is 1.17. The molecule has 47 heavy (non-hydrogen) atoms. The molecule has 1 aliphatic heterocycles. The maximum absolute atomic E-state index is 13.7. The lowest BCUT2D eigenvalue weighted by Crippen LogP contribution is -2.41. The van der Waals surface area contributed by atoms with Crippen LogP contribution in [0.5, 0.6) is 5.75 Å². The van der Waals surface area contributed by atoms with E-state index in [2.05, 4.69) is 26.0 Å². The highest BCUT2D eigenvalue weighted by molar-refractivity contribution is 7.88. The minimum absolute atomic E-state index is 0.0145. The SMILES string of the molecule is COc1cc(C(=O)N2CC3CCC2[C@@H]3N)cc2nc(-c3cc4ccc(-c5ccc(CNS(C)(=O)=O)cc5)nc4n3CC3CC3)n(C)c12. The lowest BCUT2D eigenvalue weighted by atomic mass is 10.1. The molecular formula is C35H39N7O4S. The number of benzene rings is 2. The molecule has 8 rings (SSSR count). The summed E-state index contributed by atoms with van der Waals surface area (Å²) in [5.74, 6) is 2.35. The first-order valence-electron chi connectivity index (χ1n) is 16.2. The second-order valence-corrected chi connectivity index (χ2v) is 15.3. The fourth-order valence-electron chi connectivity index (χ4n) is 7.49. The number of sulfonamides is 1. The number of methoxy groups -OCH3 is 1. The van der Waals surface area contributed by atoms with Gasteiger partial charge < -0.3 is 24.5 Å². The van der Waals surface area contributed by atoms with E-state index in [-0.39, 0.29) is 24.5 Å². The molecular weight excluding hydrogens is 614 g/mol. The number of piperidine rings is 1. The molecule has 0 spiro atoms. The largest absolute Gasteiger partial charge is 0.494 e. The highest BCUT2D eigenvalue weighted by atomic mass is 32.2. The second kappa shape index (κ2) is 11.2. The average Bonchev–Trinajstić information content (AvgIpc) is 3.47. The van der Waals surface area contributed by atoms with Crippen molar-refractivity contribution in [1.29, 1.82) is 0 Å². The Hall–Kier alpha value is -4.26. The quantitative estimate of drug-likeness (QED) is 0.242. The molecule has 3 aliphatic rings. The van der Waals surface area contributed by atoms with Crippen molar-refractivity contribution in [1.82, 2.24) is 28.7 Å². The van der Waals surface area contributed by atoms with Crippen molar-refractivity contribution in [3.05, 3.63) is 65.7 Å². The Morgan fingerprint density at radius 3 is 2.49 bits per heavy atom. The van der Waals surface area contributed by atoms with Crippen LogP contribution in [0.4, 0.5) is 0 Å². The zero-order valence-corrected chi connectivity index (χ0v) is 27.6. The Kier molecular flexibility index (Phi) is 7.16. The zero-order valence-electron chi connectivity index (χ0n) is 26.8. The van der Waals surface area contributed by atoms with Crippen LogP contribution >= 0.6 is 0 Å². The van der Waals surface area contributed by atoms with Gasteiger partial charge >= 0.3 is 0 Å². The van der Waals surface area contributed by atoms with Gasteiger partial charge in [-0.15, -0.1) is 0 Å². The van der Waals surface area contributed by atoms with Gasteiger partial charge in [-0.05, 0) is 73.4 Å². The summed E-state index contributed by atoms with van der Waals surface area (Å²) in [6.45, 7) is 1.79. The molecule has 3 fully saturated rings. The van der Waals surface area contributed by atoms with Crippen LogP contribution in [0, 0.1) is 11.8 Å². The van der Waals surface area contributed by atoms with Gasteiger partial charge in [-0.3, -0.25) is 4.79 Å². The standard InChI is InChI=1S/C35H39N7O4S/c1-40-32-27(14-25(16-30(32)46-2)35(43)42-19-24-11-13-28(42)31(24)36)39-34(40)29-15-23-10-12-26(38-33(23)41(29)18-21-4-5-21)22-8-6-20(7-9-22)17-37-47(3,44)45/h6-10,12,14-16,21,24,28,31,37H,4-5,11,13,17-19,36H2,1-3H3/t24?,28?,31-/m1/s1. The molecule has 2 aliphatic carbocycles. The van der Waals surface area contributed by atoms with E-state index < -0.39 is 10.0 Å². The zero-order chi connectivity index (χ0) is 32.6. The molecule has 12 heteroatoms. The van der Waals surface area contributed by atoms with E-state index in [9.17, 15) is 13.2 Å². The number of imidazole rings is 1. The highest BCUT2D eigenvalue weighted by Crippen LogP contribution is 2.40. The Morgan fingerprint density at radius 1 is 1.04 bits per heavy atom. The van der Waals surface area contributed by atoms with Gasteiger partial charge in [0.05, 0.1) is 30.3 Å². The summed E-state index contributed by atoms with van der Waals surface area (Å²) in [6, 6.07) is 17.9. The number of aryl methyl sites for hydroxylation is 1. The number of rotatable bonds is 9. The van der Waals surface area contributed by atoms with E-state index in [4.69, 9.17) is 20.4 Å². The maximum Gasteiger partial charge on any atom is 0.254 e. The molecule has 1 amide bonds. The minimum Gasteiger partial charge on any atom is -0.494 e. The predicted octanol–water partition coefficient (Wildman–Crippen LogP) is 4.29. The van der Waals surface area contributed by atoms with Crippen molar-refractivity contribution >= 4 is 38.0 Å². The van der Waals surface area contributed by atoms with Crippen LogP contribution in [-0.4, -0.2) is 70.3 Å². The first-order valence-corrected chi connectivity index (χ1v) is 18.1. The maximum atomic E-state index is 13.7. The van der Waals surface area contributed by atoms with Crippen LogP contribution in [0.3, 0.4) is 0 Å². The van der Waals surface area contributed by atoms with Crippen LogP contribution in [-0.2, 0) is 30.2 Å². The monoisotopic (exact) mass is 653 g/mol. The highest BCUT2D eigenvalue weighted by Gasteiger charge is 2.47. The summed E-state index contributed by atoms with van der Waals surface area (Å²) in [5.41, 5.74) is 13.1. The summed E-state index contributed by atoms with van der Waals surface area (Å²) >= 11 is 0. The number of carbonyl (C=O) groups excluding carboxylic acids is 1. The Morgan fingerprint density at radius 2 is 1.83 bits per heavy atom. The third-order valence-corrected chi connectivity index (χ3v) is 10.9. The third kappa shape index (κ3) is 5.38. The molecule has 2 unspecified atom stereocenters. The van der Waals surface area contributed by atoms with E-state index >= 15 is 0 Å². The Bertz CT molecular complexity index is 2150. The van der Waals surface area contributed by atoms with Crippen LogP contribution in [0.1, 0.15) is 41.6 Å². The number of amides is 1. The number of ether oxygens (including phenoxy) is 1. The lowest BCUT2D eigenvalue weighted by molar-refractivity contribution is 0.0700. The topological polar surface area (TPSA) is 137 Å². The molecule has 3 N–H and O–H groups in total. The fraction of sp³-hybridized carbons (Fsp3) is 0.400. The first kappa shape index (κ1) is 30.1. The molecule has 2 aromatic carbocycles. The number of fused-ring (bicyclic) bond motifs is 4. The summed E-state index contributed by atoms with van der Waals surface area (Å²) < 4.78 is 35.7. The van der Waals surface area contributed by atoms with Crippen molar-refractivity contribution in [2.75, 3.05) is 19.9 Å². The van der Waals surface area contributed by atoms with Crippen molar-refractivity contribution in [3.63, 3.8) is 0 Å². The second-order valence-electron chi connectivity index (χ2n) is 13.5. The van der Waals surface area contributed by atoms with E-state index in [1.165, 1.54) is 12.8 Å². The number of hydrogen-bond acceptors (Lipinski definition) is 7. The number of likely N-dealkylation sites (tertiary alicyclic amines) is 1. The summed E-state index contributed by atoms with van der Waals surface area (Å²) in [7, 11) is 0.356. The van der Waals surface area contributed by atoms with Gasteiger partial charge in [-0.1, -0.05) is 24.3 Å². The van der Waals surface area contributed by atoms with Crippen molar-refractivity contribution in [2.24, 2.45) is 24.6 Å². The lowest BCUT2D eigenvalue weighted by Gasteiger charge is -2.27. The fourth-order valence-corrected chi connectivity index (χ4v) is 7.92. The molecule has 2 saturated carbocycles. The van der Waals surface area contributed by atoms with Crippen molar-refractivity contribution in [3.8, 4) is 28.5 Å². The third-order valence-electron chi connectivity index (χ3n) is 10.2. The summed E-state index contributed by atoms with van der Waals surface area (Å²) in [5, 5.41) is 1.02. The summed E-state index contributed by atoms with van der Waals surface area (Å²) in [4.78, 5) is 25.9. The number of hydrogen-bond donors (Lipinski definition) is 2. The van der Waals surface area contributed by atoms with Gasteiger partial charge in [-0.25, -0.2) is 23.1 Å². The number of nitrogens with one attached hydrogen (secondary N) is 1. The van der Waals surface area contributed by atoms with E-state index in [0.717, 1.165) is 70.5 Å². The molecule has 3 aromatic heterocycles. The molecule has 0 radical (unpaired) electrons. The van der Waals surface area contributed by atoms with Crippen molar-refractivity contribution in [2.45, 2.75) is 50.9 Å². The van der Waals surface area contributed by atoms with Crippen LogP contribution in [0.2, 0.25) is 0 Å². The van der Waals surface area contributed by atoms with Crippen LogP contribution < -0.4 is 15.2 Å². The van der Waals surface area contributed by atoms with Gasteiger partial charge in [0.25, 0.3) is 5.91 Å². The normalized spacial score (nSPS) is 20.9. The molecule has 5 aromatic rings. The molecule has 1 saturated heterocycles. The summed E-state index contributed by atoms with van der Waals surface area (Å²) in [6.07, 6.45) is 5.57. The van der Waals surface area contributed by atoms with Crippen molar-refractivity contribution < 1.29 is 17.9 Å². The van der Waals surface area contributed by atoms with E-state index in [1.54, 1.807) is 7.11 Å². The van der Waals surface area contributed by atoms with Gasteiger partial charge in [-0.2, -0.15) is 0 Å². The average molecular weight is 654 g/mol. The van der Waals surface area contributed by atoms with Crippen LogP contribution in [0.25, 0.3) is 44.8 Å². The minimum atomic E-state index is -3.27. The molecule has 244 valence electrons. The van der Waals surface area contributed by atoms with Crippen LogP contribution in [0.15, 0.2) is 54.6 Å². The van der Waals surface area contributed by atoms with Gasteiger partial charge in [0.2, 0.25) is 10.0 Å². The number of nitrogens with zero attached hydrogens (tertiary/aromatic N) is 5. The number of aromatic nitrogens is 4. The molecule has 4 heterocycles. The number of pyridine rings is 1.